The average Bonchev–Trinajstić information content (AvgIpc) is 2.62. The third kappa shape index (κ3) is 5.25. The molecule has 1 heterocycles. The first-order valence-corrected chi connectivity index (χ1v) is 6.17. The number of nitrogens with zero attached hydrogens (tertiary/aromatic N) is 1. The SMILES string of the molecule is CCOCCC(=O)OCc1cnc(Br)s1. The highest BCUT2D eigenvalue weighted by Gasteiger charge is 2.05. The van der Waals surface area contributed by atoms with Crippen LogP contribution in [0.5, 0.6) is 0 Å². The van der Waals surface area contributed by atoms with Crippen molar-refractivity contribution in [3.05, 3.63) is 15.0 Å². The Labute approximate surface area is 101 Å². The van der Waals surface area contributed by atoms with Gasteiger partial charge in [0.05, 0.1) is 17.9 Å². The summed E-state index contributed by atoms with van der Waals surface area (Å²) >= 11 is 4.69. The van der Waals surface area contributed by atoms with E-state index in [9.17, 15) is 4.79 Å². The Morgan fingerprint density at radius 1 is 1.67 bits per heavy atom. The Balaban J connectivity index is 2.16. The molecule has 0 saturated heterocycles. The first-order chi connectivity index (χ1) is 7.22. The van der Waals surface area contributed by atoms with Crippen LogP contribution in [0.3, 0.4) is 0 Å². The van der Waals surface area contributed by atoms with Gasteiger partial charge >= 0.3 is 5.97 Å². The third-order valence-corrected chi connectivity index (χ3v) is 3.01. The average molecular weight is 294 g/mol. The van der Waals surface area contributed by atoms with E-state index in [-0.39, 0.29) is 12.6 Å². The number of carbonyl (C=O) groups is 1. The maximum absolute atomic E-state index is 11.2. The minimum atomic E-state index is -0.243. The van der Waals surface area contributed by atoms with E-state index in [1.165, 1.54) is 11.3 Å². The molecule has 0 atom stereocenters. The van der Waals surface area contributed by atoms with Gasteiger partial charge in [0.1, 0.15) is 6.61 Å². The zero-order valence-corrected chi connectivity index (χ0v) is 10.8. The van der Waals surface area contributed by atoms with E-state index in [0.717, 1.165) is 8.79 Å². The van der Waals surface area contributed by atoms with Crippen LogP contribution in [-0.2, 0) is 20.9 Å². The van der Waals surface area contributed by atoms with Gasteiger partial charge in [0, 0.05) is 12.8 Å². The van der Waals surface area contributed by atoms with Crippen LogP contribution < -0.4 is 0 Å². The van der Waals surface area contributed by atoms with Crippen LogP contribution in [0.1, 0.15) is 18.2 Å². The van der Waals surface area contributed by atoms with Crippen molar-refractivity contribution in [2.24, 2.45) is 0 Å². The van der Waals surface area contributed by atoms with E-state index in [2.05, 4.69) is 20.9 Å². The lowest BCUT2D eigenvalue weighted by atomic mass is 10.4. The molecule has 84 valence electrons. The van der Waals surface area contributed by atoms with Crippen molar-refractivity contribution in [2.75, 3.05) is 13.2 Å². The fraction of sp³-hybridized carbons (Fsp3) is 0.556. The summed E-state index contributed by atoms with van der Waals surface area (Å²) < 4.78 is 10.9. The molecule has 0 aliphatic carbocycles. The summed E-state index contributed by atoms with van der Waals surface area (Å²) in [7, 11) is 0. The maximum atomic E-state index is 11.2. The van der Waals surface area contributed by atoms with Crippen molar-refractivity contribution in [3.63, 3.8) is 0 Å². The molecular weight excluding hydrogens is 282 g/mol. The minimum absolute atomic E-state index is 0.243. The summed E-state index contributed by atoms with van der Waals surface area (Å²) in [5.41, 5.74) is 0. The van der Waals surface area contributed by atoms with Crippen LogP contribution in [-0.4, -0.2) is 24.2 Å². The number of rotatable bonds is 6. The van der Waals surface area contributed by atoms with Gasteiger partial charge in [0.2, 0.25) is 0 Å². The highest BCUT2D eigenvalue weighted by Crippen LogP contribution is 2.19. The molecule has 6 heteroatoms. The van der Waals surface area contributed by atoms with E-state index >= 15 is 0 Å². The number of ether oxygens (including phenoxy) is 2. The third-order valence-electron chi connectivity index (χ3n) is 1.56. The quantitative estimate of drug-likeness (QED) is 0.597. The number of hydrogen-bond acceptors (Lipinski definition) is 5. The van der Waals surface area contributed by atoms with Crippen molar-refractivity contribution < 1.29 is 14.3 Å². The molecule has 0 aliphatic heterocycles. The predicted molar refractivity (Wildman–Crippen MR) is 60.7 cm³/mol. The van der Waals surface area contributed by atoms with Gasteiger partial charge in [0.15, 0.2) is 3.92 Å². The number of carbonyl (C=O) groups excluding carboxylic acids is 1. The van der Waals surface area contributed by atoms with Gasteiger partial charge in [-0.05, 0) is 22.9 Å². The smallest absolute Gasteiger partial charge is 0.308 e. The minimum Gasteiger partial charge on any atom is -0.460 e. The molecular formula is C9H12BrNO3S. The Bertz CT molecular complexity index is 316. The topological polar surface area (TPSA) is 48.4 Å². The molecule has 1 aromatic rings. The number of esters is 1. The Hall–Kier alpha value is -0.460. The summed E-state index contributed by atoms with van der Waals surface area (Å²) in [6, 6.07) is 0. The van der Waals surface area contributed by atoms with E-state index in [1.807, 2.05) is 6.92 Å². The van der Waals surface area contributed by atoms with Crippen LogP contribution in [0.25, 0.3) is 0 Å². The van der Waals surface area contributed by atoms with Crippen molar-refractivity contribution in [1.82, 2.24) is 4.98 Å². The highest BCUT2D eigenvalue weighted by atomic mass is 79.9. The summed E-state index contributed by atoms with van der Waals surface area (Å²) in [6.07, 6.45) is 1.98. The van der Waals surface area contributed by atoms with Crippen molar-refractivity contribution in [3.8, 4) is 0 Å². The van der Waals surface area contributed by atoms with Gasteiger partial charge in [-0.3, -0.25) is 4.79 Å². The highest BCUT2D eigenvalue weighted by molar-refractivity contribution is 9.11. The number of aromatic nitrogens is 1. The van der Waals surface area contributed by atoms with Crippen LogP contribution in [0, 0.1) is 0 Å². The molecule has 0 aromatic carbocycles. The lowest BCUT2D eigenvalue weighted by Crippen LogP contribution is -2.07. The first kappa shape index (κ1) is 12.6. The zero-order chi connectivity index (χ0) is 11.1. The number of hydrogen-bond donors (Lipinski definition) is 0. The molecule has 1 rings (SSSR count). The second kappa shape index (κ2) is 6.92. The summed E-state index contributed by atoms with van der Waals surface area (Å²) in [4.78, 5) is 16.1. The lowest BCUT2D eigenvalue weighted by molar-refractivity contribution is -0.146. The molecule has 0 N–H and O–H groups in total. The van der Waals surface area contributed by atoms with E-state index in [4.69, 9.17) is 9.47 Å². The summed E-state index contributed by atoms with van der Waals surface area (Å²) in [6.45, 7) is 3.21. The lowest BCUT2D eigenvalue weighted by Gasteiger charge is -2.02. The van der Waals surface area contributed by atoms with Gasteiger partial charge in [-0.1, -0.05) is 0 Å². The molecule has 15 heavy (non-hydrogen) atoms. The van der Waals surface area contributed by atoms with Crippen LogP contribution >= 0.6 is 27.3 Å². The van der Waals surface area contributed by atoms with E-state index < -0.39 is 0 Å². The van der Waals surface area contributed by atoms with Crippen LogP contribution in [0.2, 0.25) is 0 Å². The van der Waals surface area contributed by atoms with E-state index in [1.54, 1.807) is 6.20 Å². The normalized spacial score (nSPS) is 10.3. The zero-order valence-electron chi connectivity index (χ0n) is 8.36. The fourth-order valence-electron chi connectivity index (χ4n) is 0.874. The van der Waals surface area contributed by atoms with Gasteiger partial charge < -0.3 is 9.47 Å². The summed E-state index contributed by atoms with van der Waals surface area (Å²) in [5.74, 6) is -0.243. The monoisotopic (exact) mass is 293 g/mol. The molecule has 0 aliphatic rings. The summed E-state index contributed by atoms with van der Waals surface area (Å²) in [5, 5.41) is 0. The van der Waals surface area contributed by atoms with Gasteiger partial charge in [-0.25, -0.2) is 4.98 Å². The van der Waals surface area contributed by atoms with Crippen molar-refractivity contribution >= 4 is 33.2 Å². The van der Waals surface area contributed by atoms with Gasteiger partial charge in [-0.15, -0.1) is 11.3 Å². The predicted octanol–water partition coefficient (Wildman–Crippen LogP) is 2.38. The molecule has 0 bridgehead atoms. The second-order valence-electron chi connectivity index (χ2n) is 2.69. The molecule has 0 fully saturated rings. The second-order valence-corrected chi connectivity index (χ2v) is 5.08. The van der Waals surface area contributed by atoms with Gasteiger partial charge in [-0.2, -0.15) is 0 Å². The standard InChI is InChI=1S/C9H12BrNO3S/c1-2-13-4-3-8(12)14-6-7-5-11-9(10)15-7/h5H,2-4,6H2,1H3. The van der Waals surface area contributed by atoms with Crippen LogP contribution in [0.15, 0.2) is 10.1 Å². The Morgan fingerprint density at radius 3 is 3.07 bits per heavy atom. The fourth-order valence-corrected chi connectivity index (χ4v) is 2.15. The molecule has 0 radical (unpaired) electrons. The number of halogens is 1. The van der Waals surface area contributed by atoms with Crippen LogP contribution in [0.4, 0.5) is 0 Å². The van der Waals surface area contributed by atoms with E-state index in [0.29, 0.717) is 19.6 Å². The molecule has 0 amide bonds. The van der Waals surface area contributed by atoms with Gasteiger partial charge in [0.25, 0.3) is 0 Å². The Kier molecular flexibility index (Phi) is 5.82. The largest absolute Gasteiger partial charge is 0.460 e. The van der Waals surface area contributed by atoms with Crippen molar-refractivity contribution in [1.29, 1.82) is 0 Å². The maximum Gasteiger partial charge on any atom is 0.308 e. The molecule has 0 spiro atoms. The molecule has 4 nitrogen and oxygen atoms in total. The Morgan fingerprint density at radius 2 is 2.47 bits per heavy atom. The molecule has 0 saturated carbocycles. The molecule has 0 unspecified atom stereocenters. The van der Waals surface area contributed by atoms with Crippen molar-refractivity contribution in [2.45, 2.75) is 20.0 Å². The molecule has 1 aromatic heterocycles. The number of thiazole rings is 1. The first-order valence-electron chi connectivity index (χ1n) is 4.56.